The average Bonchev–Trinajstić information content (AvgIpc) is 2.29. The van der Waals surface area contributed by atoms with Crippen molar-refractivity contribution >= 4 is 29.4 Å². The van der Waals surface area contributed by atoms with E-state index in [9.17, 15) is 4.79 Å². The Kier molecular flexibility index (Phi) is 5.57. The zero-order valence-corrected chi connectivity index (χ0v) is 11.2. The zero-order valence-electron chi connectivity index (χ0n) is 10.5. The summed E-state index contributed by atoms with van der Waals surface area (Å²) in [7, 11) is 0. The lowest BCUT2D eigenvalue weighted by Crippen LogP contribution is -2.31. The van der Waals surface area contributed by atoms with Gasteiger partial charge in [0.1, 0.15) is 0 Å². The molecule has 0 aromatic carbocycles. The molecule has 0 atom stereocenters. The van der Waals surface area contributed by atoms with E-state index in [0.29, 0.717) is 26.1 Å². The average molecular weight is 273 g/mol. The van der Waals surface area contributed by atoms with Crippen LogP contribution in [0.4, 0.5) is 11.9 Å². The SMILES string of the molecule is CCN(CC)C(=O)CCNc1nc(N)nc(Cl)n1. The van der Waals surface area contributed by atoms with Crippen LogP contribution in [-0.2, 0) is 4.79 Å². The van der Waals surface area contributed by atoms with Crippen molar-refractivity contribution in [3.63, 3.8) is 0 Å². The van der Waals surface area contributed by atoms with Crippen LogP contribution in [0.3, 0.4) is 0 Å². The van der Waals surface area contributed by atoms with Gasteiger partial charge in [0.05, 0.1) is 0 Å². The number of nitrogens with one attached hydrogen (secondary N) is 1. The van der Waals surface area contributed by atoms with Gasteiger partial charge in [0.25, 0.3) is 0 Å². The Labute approximate surface area is 111 Å². The largest absolute Gasteiger partial charge is 0.368 e. The smallest absolute Gasteiger partial charge is 0.228 e. The Morgan fingerprint density at radius 1 is 1.33 bits per heavy atom. The molecule has 8 heteroatoms. The summed E-state index contributed by atoms with van der Waals surface area (Å²) in [6, 6.07) is 0. The first-order chi connectivity index (χ1) is 8.56. The van der Waals surface area contributed by atoms with E-state index in [2.05, 4.69) is 20.3 Å². The summed E-state index contributed by atoms with van der Waals surface area (Å²) in [5.74, 6) is 0.410. The third kappa shape index (κ3) is 4.33. The van der Waals surface area contributed by atoms with Crippen LogP contribution in [0.1, 0.15) is 20.3 Å². The number of anilines is 2. The standard InChI is InChI=1S/C10H17ClN6O/c1-3-17(4-2)7(18)5-6-13-10-15-8(11)14-9(12)16-10/h3-6H2,1-2H3,(H3,12,13,14,15,16). The van der Waals surface area contributed by atoms with Crippen molar-refractivity contribution in [2.75, 3.05) is 30.7 Å². The Balaban J connectivity index is 2.44. The van der Waals surface area contributed by atoms with E-state index in [1.165, 1.54) is 0 Å². The maximum Gasteiger partial charge on any atom is 0.228 e. The molecule has 1 amide bonds. The van der Waals surface area contributed by atoms with Gasteiger partial charge in [-0.15, -0.1) is 0 Å². The maximum atomic E-state index is 11.7. The van der Waals surface area contributed by atoms with Gasteiger partial charge in [-0.2, -0.15) is 15.0 Å². The van der Waals surface area contributed by atoms with E-state index in [4.69, 9.17) is 17.3 Å². The van der Waals surface area contributed by atoms with Gasteiger partial charge < -0.3 is 16.0 Å². The van der Waals surface area contributed by atoms with Crippen LogP contribution >= 0.6 is 11.6 Å². The molecule has 1 aromatic rings. The van der Waals surface area contributed by atoms with Crippen molar-refractivity contribution in [3.8, 4) is 0 Å². The molecular formula is C10H17ClN6O. The molecule has 1 aromatic heterocycles. The van der Waals surface area contributed by atoms with Crippen LogP contribution in [0.25, 0.3) is 0 Å². The molecule has 0 aliphatic carbocycles. The first-order valence-corrected chi connectivity index (χ1v) is 6.13. The number of aromatic nitrogens is 3. The molecule has 0 spiro atoms. The molecule has 1 heterocycles. The van der Waals surface area contributed by atoms with Gasteiger partial charge in [0, 0.05) is 26.1 Å². The van der Waals surface area contributed by atoms with E-state index in [1.54, 1.807) is 4.90 Å². The molecule has 18 heavy (non-hydrogen) atoms. The first kappa shape index (κ1) is 14.4. The van der Waals surface area contributed by atoms with Gasteiger partial charge in [-0.1, -0.05) is 0 Å². The van der Waals surface area contributed by atoms with Crippen LogP contribution in [0.15, 0.2) is 0 Å². The minimum absolute atomic E-state index is 0.0278. The fourth-order valence-electron chi connectivity index (χ4n) is 1.46. The highest BCUT2D eigenvalue weighted by Crippen LogP contribution is 2.06. The van der Waals surface area contributed by atoms with Crippen molar-refractivity contribution in [3.05, 3.63) is 5.28 Å². The van der Waals surface area contributed by atoms with Gasteiger partial charge in [0.15, 0.2) is 0 Å². The number of rotatable bonds is 6. The molecular weight excluding hydrogens is 256 g/mol. The van der Waals surface area contributed by atoms with Gasteiger partial charge in [-0.25, -0.2) is 0 Å². The van der Waals surface area contributed by atoms with Crippen molar-refractivity contribution in [1.29, 1.82) is 0 Å². The van der Waals surface area contributed by atoms with Crippen molar-refractivity contribution in [1.82, 2.24) is 19.9 Å². The summed E-state index contributed by atoms with van der Waals surface area (Å²) >= 11 is 5.63. The number of hydrogen-bond donors (Lipinski definition) is 2. The summed E-state index contributed by atoms with van der Waals surface area (Å²) in [5.41, 5.74) is 5.42. The fraction of sp³-hybridized carbons (Fsp3) is 0.600. The van der Waals surface area contributed by atoms with E-state index in [1.807, 2.05) is 13.8 Å². The van der Waals surface area contributed by atoms with Gasteiger partial charge in [-0.05, 0) is 25.4 Å². The fourth-order valence-corrected chi connectivity index (χ4v) is 1.63. The minimum Gasteiger partial charge on any atom is -0.368 e. The number of halogens is 1. The Morgan fingerprint density at radius 2 is 2.00 bits per heavy atom. The molecule has 0 radical (unpaired) electrons. The normalized spacial score (nSPS) is 10.2. The molecule has 0 saturated carbocycles. The number of carbonyl (C=O) groups excluding carboxylic acids is 1. The zero-order chi connectivity index (χ0) is 13.5. The summed E-state index contributed by atoms with van der Waals surface area (Å²) in [5, 5.41) is 2.91. The molecule has 0 fully saturated rings. The van der Waals surface area contributed by atoms with Crippen LogP contribution < -0.4 is 11.1 Å². The molecule has 100 valence electrons. The van der Waals surface area contributed by atoms with Crippen molar-refractivity contribution in [2.24, 2.45) is 0 Å². The molecule has 0 aliphatic heterocycles. The predicted octanol–water partition coefficient (Wildman–Crippen LogP) is 0.778. The molecule has 0 bridgehead atoms. The highest BCUT2D eigenvalue weighted by atomic mass is 35.5. The Morgan fingerprint density at radius 3 is 2.56 bits per heavy atom. The molecule has 0 unspecified atom stereocenters. The van der Waals surface area contributed by atoms with E-state index >= 15 is 0 Å². The van der Waals surface area contributed by atoms with Crippen LogP contribution in [0.5, 0.6) is 0 Å². The topological polar surface area (TPSA) is 97.0 Å². The third-order valence-electron chi connectivity index (χ3n) is 2.36. The molecule has 7 nitrogen and oxygen atoms in total. The number of nitrogens with two attached hydrogens (primary N) is 1. The lowest BCUT2D eigenvalue weighted by atomic mass is 10.3. The van der Waals surface area contributed by atoms with Crippen molar-refractivity contribution in [2.45, 2.75) is 20.3 Å². The summed E-state index contributed by atoms with van der Waals surface area (Å²) in [6.07, 6.45) is 0.366. The lowest BCUT2D eigenvalue weighted by molar-refractivity contribution is -0.130. The second-order valence-corrected chi connectivity index (χ2v) is 3.87. The van der Waals surface area contributed by atoms with Crippen LogP contribution in [0, 0.1) is 0 Å². The number of nitrogens with zero attached hydrogens (tertiary/aromatic N) is 4. The summed E-state index contributed by atoms with van der Waals surface area (Å²) in [4.78, 5) is 24.8. The number of amides is 1. The monoisotopic (exact) mass is 272 g/mol. The molecule has 0 aliphatic rings. The second kappa shape index (κ2) is 6.95. The first-order valence-electron chi connectivity index (χ1n) is 5.75. The van der Waals surface area contributed by atoms with E-state index in [-0.39, 0.29) is 23.1 Å². The second-order valence-electron chi connectivity index (χ2n) is 3.53. The van der Waals surface area contributed by atoms with Gasteiger partial charge >= 0.3 is 0 Å². The Hall–Kier alpha value is -1.63. The van der Waals surface area contributed by atoms with Crippen LogP contribution in [-0.4, -0.2) is 45.4 Å². The highest BCUT2D eigenvalue weighted by Gasteiger charge is 2.09. The van der Waals surface area contributed by atoms with E-state index < -0.39 is 0 Å². The summed E-state index contributed by atoms with van der Waals surface area (Å²) < 4.78 is 0. The summed E-state index contributed by atoms with van der Waals surface area (Å²) in [6.45, 7) is 5.73. The number of hydrogen-bond acceptors (Lipinski definition) is 6. The lowest BCUT2D eigenvalue weighted by Gasteiger charge is -2.18. The quantitative estimate of drug-likeness (QED) is 0.794. The van der Waals surface area contributed by atoms with Crippen LogP contribution in [0.2, 0.25) is 5.28 Å². The predicted molar refractivity (Wildman–Crippen MR) is 70.3 cm³/mol. The van der Waals surface area contributed by atoms with E-state index in [0.717, 1.165) is 0 Å². The molecule has 0 saturated heterocycles. The minimum atomic E-state index is 0.0278. The van der Waals surface area contributed by atoms with Gasteiger partial charge in [0.2, 0.25) is 23.1 Å². The Bertz CT molecular complexity index is 389. The van der Waals surface area contributed by atoms with Crippen molar-refractivity contribution < 1.29 is 4.79 Å². The number of carbonyl (C=O) groups is 1. The van der Waals surface area contributed by atoms with Gasteiger partial charge in [-0.3, -0.25) is 4.79 Å². The number of nitrogen functional groups attached to an aromatic ring is 1. The third-order valence-corrected chi connectivity index (χ3v) is 2.53. The highest BCUT2D eigenvalue weighted by molar-refractivity contribution is 6.28. The molecule has 1 rings (SSSR count). The maximum absolute atomic E-state index is 11.7. The molecule has 3 N–H and O–H groups in total.